The number of unbranched alkanes of at least 4 members (excludes halogenated alkanes) is 4. The Morgan fingerprint density at radius 1 is 1.03 bits per heavy atom. The molecule has 0 aromatic heterocycles. The van der Waals surface area contributed by atoms with Crippen LogP contribution in [0.15, 0.2) is 53.4 Å². The van der Waals surface area contributed by atoms with Crippen LogP contribution in [0.25, 0.3) is 0 Å². The first kappa shape index (κ1) is 26.5. The lowest BCUT2D eigenvalue weighted by Gasteiger charge is -2.18. The summed E-state index contributed by atoms with van der Waals surface area (Å²) < 4.78 is 0. The Balaban J connectivity index is 0.00000420. The van der Waals surface area contributed by atoms with E-state index in [4.69, 9.17) is 11.6 Å². The smallest absolute Gasteiger partial charge is 0.0914 e. The van der Waals surface area contributed by atoms with Crippen molar-refractivity contribution >= 4 is 40.3 Å². The van der Waals surface area contributed by atoms with Crippen molar-refractivity contribution in [3.05, 3.63) is 64.7 Å². The zero-order valence-electron chi connectivity index (χ0n) is 17.6. The molecule has 0 fully saturated rings. The van der Waals surface area contributed by atoms with Gasteiger partial charge in [0.25, 0.3) is 0 Å². The van der Waals surface area contributed by atoms with E-state index in [-0.39, 0.29) is 17.0 Å². The third-order valence-electron chi connectivity index (χ3n) is 4.87. The quantitative estimate of drug-likeness (QED) is 0.225. The van der Waals surface area contributed by atoms with Crippen molar-refractivity contribution in [3.8, 4) is 0 Å². The van der Waals surface area contributed by atoms with E-state index in [9.17, 15) is 5.11 Å². The fraction of sp³-hybridized carbons (Fsp3) is 0.500. The van der Waals surface area contributed by atoms with E-state index in [1.54, 1.807) is 0 Å². The predicted molar refractivity (Wildman–Crippen MR) is 134 cm³/mol. The molecule has 5 heteroatoms. The fourth-order valence-electron chi connectivity index (χ4n) is 3.19. The standard InChI is InChI=1S/C24H34ClNOS.BrH/c1-3-4-5-6-7-15-28-23-13-11-20(12-14-23)16-19(2)26-18-24(27)21-9-8-10-22(25)17-21;/h8-14,17,19,24,26-27H,3-7,15-16,18H2,1-2H3;1H. The lowest BCUT2D eigenvalue weighted by atomic mass is 10.1. The Hall–Kier alpha value is -0.520. The summed E-state index contributed by atoms with van der Waals surface area (Å²) in [4.78, 5) is 1.36. The second-order valence-electron chi connectivity index (χ2n) is 7.49. The summed E-state index contributed by atoms with van der Waals surface area (Å²) in [7, 11) is 0. The molecular weight excluding hydrogens is 466 g/mol. The van der Waals surface area contributed by atoms with Crippen molar-refractivity contribution in [1.82, 2.24) is 5.32 Å². The Morgan fingerprint density at radius 3 is 2.45 bits per heavy atom. The van der Waals surface area contributed by atoms with Gasteiger partial charge in [0.15, 0.2) is 0 Å². The van der Waals surface area contributed by atoms with Crippen LogP contribution in [0.4, 0.5) is 0 Å². The molecule has 2 aromatic rings. The van der Waals surface area contributed by atoms with Crippen LogP contribution in [-0.2, 0) is 6.42 Å². The van der Waals surface area contributed by atoms with Gasteiger partial charge in [0.1, 0.15) is 0 Å². The third-order valence-corrected chi connectivity index (χ3v) is 6.21. The number of hydrogen-bond acceptors (Lipinski definition) is 3. The third kappa shape index (κ3) is 10.9. The highest BCUT2D eigenvalue weighted by Crippen LogP contribution is 2.21. The second-order valence-corrected chi connectivity index (χ2v) is 9.10. The molecule has 0 saturated carbocycles. The molecule has 29 heavy (non-hydrogen) atoms. The van der Waals surface area contributed by atoms with Gasteiger partial charge in [-0.15, -0.1) is 28.7 Å². The molecule has 0 heterocycles. The molecular formula is C24H35BrClNOS. The summed E-state index contributed by atoms with van der Waals surface area (Å²) >= 11 is 7.96. The monoisotopic (exact) mass is 499 g/mol. The maximum absolute atomic E-state index is 10.3. The molecule has 0 bridgehead atoms. The summed E-state index contributed by atoms with van der Waals surface area (Å²) in [5.74, 6) is 1.21. The van der Waals surface area contributed by atoms with Gasteiger partial charge in [-0.1, -0.05) is 68.5 Å². The number of nitrogens with one attached hydrogen (secondary N) is 1. The van der Waals surface area contributed by atoms with Crippen molar-refractivity contribution in [3.63, 3.8) is 0 Å². The van der Waals surface area contributed by atoms with Crippen LogP contribution in [-0.4, -0.2) is 23.4 Å². The largest absolute Gasteiger partial charge is 0.387 e. The minimum absolute atomic E-state index is 0. The second kappa shape index (κ2) is 15.3. The van der Waals surface area contributed by atoms with E-state index in [2.05, 4.69) is 43.4 Å². The predicted octanol–water partition coefficient (Wildman–Crippen LogP) is 7.23. The first-order valence-electron chi connectivity index (χ1n) is 10.5. The summed E-state index contributed by atoms with van der Waals surface area (Å²) in [5.41, 5.74) is 2.17. The lowest BCUT2D eigenvalue weighted by Crippen LogP contribution is -2.32. The molecule has 0 amide bonds. The molecule has 0 spiro atoms. The van der Waals surface area contributed by atoms with E-state index in [0.717, 1.165) is 12.0 Å². The average molecular weight is 501 g/mol. The van der Waals surface area contributed by atoms with Crippen molar-refractivity contribution in [2.45, 2.75) is 69.4 Å². The minimum atomic E-state index is -0.544. The van der Waals surface area contributed by atoms with Gasteiger partial charge in [0.05, 0.1) is 6.10 Å². The van der Waals surface area contributed by atoms with Crippen molar-refractivity contribution in [2.24, 2.45) is 0 Å². The molecule has 2 aromatic carbocycles. The molecule has 2 unspecified atom stereocenters. The van der Waals surface area contributed by atoms with E-state index in [1.165, 1.54) is 48.3 Å². The number of aliphatic hydroxyl groups excluding tert-OH is 1. The summed E-state index contributed by atoms with van der Waals surface area (Å²) in [5, 5.41) is 14.4. The highest BCUT2D eigenvalue weighted by molar-refractivity contribution is 8.93. The Bertz CT molecular complexity index is 683. The van der Waals surface area contributed by atoms with Gasteiger partial charge in [0, 0.05) is 22.5 Å². The highest BCUT2D eigenvalue weighted by atomic mass is 79.9. The van der Waals surface area contributed by atoms with E-state index in [1.807, 2.05) is 36.0 Å². The van der Waals surface area contributed by atoms with Crippen molar-refractivity contribution < 1.29 is 5.11 Å². The molecule has 2 rings (SSSR count). The van der Waals surface area contributed by atoms with Gasteiger partial charge >= 0.3 is 0 Å². The number of rotatable bonds is 13. The van der Waals surface area contributed by atoms with Crippen LogP contribution >= 0.6 is 40.3 Å². The van der Waals surface area contributed by atoms with Crippen molar-refractivity contribution in [1.29, 1.82) is 0 Å². The molecule has 0 aliphatic rings. The molecule has 2 N–H and O–H groups in total. The van der Waals surface area contributed by atoms with E-state index >= 15 is 0 Å². The first-order chi connectivity index (χ1) is 13.6. The molecule has 0 saturated heterocycles. The lowest BCUT2D eigenvalue weighted by molar-refractivity contribution is 0.170. The summed E-state index contributed by atoms with van der Waals surface area (Å²) in [6.07, 6.45) is 7.10. The number of halogens is 2. The zero-order valence-corrected chi connectivity index (χ0v) is 20.9. The van der Waals surface area contributed by atoms with Crippen LogP contribution in [0, 0.1) is 0 Å². The molecule has 162 valence electrons. The van der Waals surface area contributed by atoms with Crippen LogP contribution < -0.4 is 5.32 Å². The van der Waals surface area contributed by atoms with Gasteiger partial charge in [-0.25, -0.2) is 0 Å². The number of aliphatic hydroxyl groups is 1. The molecule has 2 nitrogen and oxygen atoms in total. The Kier molecular flexibility index (Phi) is 14.0. The van der Waals surface area contributed by atoms with E-state index < -0.39 is 6.10 Å². The molecule has 2 atom stereocenters. The zero-order chi connectivity index (χ0) is 20.2. The van der Waals surface area contributed by atoms with E-state index in [0.29, 0.717) is 17.6 Å². The average Bonchev–Trinajstić information content (AvgIpc) is 2.70. The molecule has 0 aliphatic carbocycles. The van der Waals surface area contributed by atoms with Crippen LogP contribution in [0.2, 0.25) is 5.02 Å². The van der Waals surface area contributed by atoms with Crippen LogP contribution in [0.5, 0.6) is 0 Å². The molecule has 0 aliphatic heterocycles. The minimum Gasteiger partial charge on any atom is -0.387 e. The Morgan fingerprint density at radius 2 is 1.76 bits per heavy atom. The van der Waals surface area contributed by atoms with Gasteiger partial charge in [-0.05, 0) is 60.9 Å². The SMILES string of the molecule is Br.CCCCCCCSc1ccc(CC(C)NCC(O)c2cccc(Cl)c2)cc1. The van der Waals surface area contributed by atoms with Gasteiger partial charge in [0.2, 0.25) is 0 Å². The highest BCUT2D eigenvalue weighted by Gasteiger charge is 2.10. The number of hydrogen-bond donors (Lipinski definition) is 2. The number of thioether (sulfide) groups is 1. The van der Waals surface area contributed by atoms with Crippen LogP contribution in [0.1, 0.15) is 63.2 Å². The number of benzene rings is 2. The fourth-order valence-corrected chi connectivity index (χ4v) is 4.30. The molecule has 0 radical (unpaired) electrons. The normalized spacial score (nSPS) is 13.0. The van der Waals surface area contributed by atoms with Gasteiger partial charge in [-0.3, -0.25) is 0 Å². The van der Waals surface area contributed by atoms with Gasteiger partial charge < -0.3 is 10.4 Å². The van der Waals surface area contributed by atoms with Crippen molar-refractivity contribution in [2.75, 3.05) is 12.3 Å². The first-order valence-corrected chi connectivity index (χ1v) is 11.8. The Labute approximate surface area is 196 Å². The van der Waals surface area contributed by atoms with Gasteiger partial charge in [-0.2, -0.15) is 0 Å². The summed E-state index contributed by atoms with van der Waals surface area (Å²) in [6, 6.07) is 16.6. The topological polar surface area (TPSA) is 32.3 Å². The summed E-state index contributed by atoms with van der Waals surface area (Å²) in [6.45, 7) is 4.94. The van der Waals surface area contributed by atoms with Crippen LogP contribution in [0.3, 0.4) is 0 Å². The maximum Gasteiger partial charge on any atom is 0.0914 e. The maximum atomic E-state index is 10.3.